The fourth-order valence-electron chi connectivity index (χ4n) is 2.66. The van der Waals surface area contributed by atoms with Crippen molar-refractivity contribution in [2.75, 3.05) is 24.3 Å². The van der Waals surface area contributed by atoms with Crippen LogP contribution in [0.15, 0.2) is 0 Å². The monoisotopic (exact) mass is 380 g/mol. The molecule has 1 saturated carbocycles. The molecule has 1 aromatic rings. The highest BCUT2D eigenvalue weighted by atomic mass is 35.5. The fraction of sp³-hybridized carbons (Fsp3) is 0.714. The van der Waals surface area contributed by atoms with Gasteiger partial charge >= 0.3 is 0 Å². The zero-order valence-electron chi connectivity index (χ0n) is 13.5. The summed E-state index contributed by atoms with van der Waals surface area (Å²) in [6.45, 7) is 3.28. The molecule has 1 fully saturated rings. The highest BCUT2D eigenvalue weighted by molar-refractivity contribution is 6.34. The summed E-state index contributed by atoms with van der Waals surface area (Å²) in [5.41, 5.74) is 6.07. The molecule has 3 unspecified atom stereocenters. The smallest absolute Gasteiger partial charge is 0.225 e. The van der Waals surface area contributed by atoms with Gasteiger partial charge in [-0.2, -0.15) is 4.98 Å². The van der Waals surface area contributed by atoms with Crippen molar-refractivity contribution in [3.8, 4) is 0 Å². The van der Waals surface area contributed by atoms with Crippen LogP contribution in [-0.4, -0.2) is 57.4 Å². The third-order valence-electron chi connectivity index (χ3n) is 3.54. The number of nitrogens with two attached hydrogens (primary N) is 1. The number of rotatable bonds is 7. The normalized spacial score (nSPS) is 24.3. The average molecular weight is 381 g/mol. The molecule has 0 aromatic carbocycles. The summed E-state index contributed by atoms with van der Waals surface area (Å²) in [6, 6.07) is -0.232. The van der Waals surface area contributed by atoms with E-state index in [4.69, 9.17) is 43.5 Å². The number of anilines is 2. The standard InChI is InChI=1S/C14H22Cl2N4O4/c1-14(2,22)24-9-6-7(23-4-3-21)5-8(9)18-12-10(17)11(15)19-13(16)20-12/h7-9,21-22H,3-6,17H2,1-2H3,(H,18,19,20). The first kappa shape index (κ1) is 19.4. The molecule has 1 heterocycles. The molecule has 1 aliphatic rings. The first-order valence-electron chi connectivity index (χ1n) is 7.57. The van der Waals surface area contributed by atoms with Crippen molar-refractivity contribution in [2.24, 2.45) is 0 Å². The van der Waals surface area contributed by atoms with Gasteiger partial charge in [0.1, 0.15) is 5.69 Å². The van der Waals surface area contributed by atoms with Crippen LogP contribution in [0.25, 0.3) is 0 Å². The minimum absolute atomic E-state index is 0.0252. The van der Waals surface area contributed by atoms with Crippen LogP contribution in [0.5, 0.6) is 0 Å². The predicted octanol–water partition coefficient (Wildman–Crippen LogP) is 1.43. The van der Waals surface area contributed by atoms with E-state index >= 15 is 0 Å². The second kappa shape index (κ2) is 7.99. The molecule has 0 bridgehead atoms. The van der Waals surface area contributed by atoms with Gasteiger partial charge in [-0.05, 0) is 31.9 Å². The molecule has 0 spiro atoms. The summed E-state index contributed by atoms with van der Waals surface area (Å²) in [7, 11) is 0. The van der Waals surface area contributed by atoms with Crippen LogP contribution in [-0.2, 0) is 9.47 Å². The third-order valence-corrected chi connectivity index (χ3v) is 4.00. The van der Waals surface area contributed by atoms with Gasteiger partial charge in [-0.1, -0.05) is 11.6 Å². The molecule has 1 aliphatic carbocycles. The van der Waals surface area contributed by atoms with E-state index in [2.05, 4.69) is 15.3 Å². The Kier molecular flexibility index (Phi) is 6.46. The molecule has 0 radical (unpaired) electrons. The Hall–Kier alpha value is -0.900. The van der Waals surface area contributed by atoms with Crippen molar-refractivity contribution in [3.05, 3.63) is 10.4 Å². The third kappa shape index (κ3) is 5.30. The second-order valence-corrected chi connectivity index (χ2v) is 6.78. The molecular weight excluding hydrogens is 359 g/mol. The van der Waals surface area contributed by atoms with Gasteiger partial charge < -0.3 is 30.7 Å². The van der Waals surface area contributed by atoms with Crippen LogP contribution in [0, 0.1) is 0 Å². The van der Waals surface area contributed by atoms with E-state index in [0.29, 0.717) is 18.7 Å². The SMILES string of the molecule is CC(C)(O)OC1CC(OCCO)CC1Nc1nc(Cl)nc(Cl)c1N. The van der Waals surface area contributed by atoms with Gasteiger partial charge in [0.15, 0.2) is 16.8 Å². The van der Waals surface area contributed by atoms with Crippen molar-refractivity contribution in [1.82, 2.24) is 9.97 Å². The summed E-state index contributed by atoms with van der Waals surface area (Å²) in [5, 5.41) is 22.0. The molecule has 24 heavy (non-hydrogen) atoms. The van der Waals surface area contributed by atoms with Gasteiger partial charge in [-0.25, -0.2) is 4.98 Å². The van der Waals surface area contributed by atoms with Crippen LogP contribution in [0.2, 0.25) is 10.4 Å². The highest BCUT2D eigenvalue weighted by Gasteiger charge is 2.39. The van der Waals surface area contributed by atoms with Crippen molar-refractivity contribution < 1.29 is 19.7 Å². The maximum atomic E-state index is 9.94. The van der Waals surface area contributed by atoms with E-state index in [1.54, 1.807) is 13.8 Å². The lowest BCUT2D eigenvalue weighted by atomic mass is 10.2. The maximum absolute atomic E-state index is 9.94. The van der Waals surface area contributed by atoms with Crippen molar-refractivity contribution in [1.29, 1.82) is 0 Å². The summed E-state index contributed by atoms with van der Waals surface area (Å²) in [6.07, 6.45) is 0.657. The number of nitrogen functional groups attached to an aromatic ring is 1. The topological polar surface area (TPSA) is 123 Å². The molecule has 3 atom stereocenters. The van der Waals surface area contributed by atoms with Crippen LogP contribution in [0.4, 0.5) is 11.5 Å². The Morgan fingerprint density at radius 1 is 1.33 bits per heavy atom. The minimum Gasteiger partial charge on any atom is -0.394 e. The molecule has 5 N–H and O–H groups in total. The van der Waals surface area contributed by atoms with Crippen molar-refractivity contribution in [2.45, 2.75) is 50.7 Å². The second-order valence-electron chi connectivity index (χ2n) is 6.09. The van der Waals surface area contributed by atoms with Gasteiger partial charge in [0, 0.05) is 6.42 Å². The highest BCUT2D eigenvalue weighted by Crippen LogP contribution is 2.33. The molecule has 8 nitrogen and oxygen atoms in total. The molecule has 1 aromatic heterocycles. The zero-order chi connectivity index (χ0) is 17.9. The van der Waals surface area contributed by atoms with Crippen LogP contribution in [0.1, 0.15) is 26.7 Å². The fourth-order valence-corrected chi connectivity index (χ4v) is 3.05. The molecule has 10 heteroatoms. The van der Waals surface area contributed by atoms with Crippen molar-refractivity contribution >= 4 is 34.7 Å². The molecule has 2 rings (SSSR count). The Balaban J connectivity index is 2.15. The van der Waals surface area contributed by atoms with E-state index in [1.807, 2.05) is 0 Å². The Morgan fingerprint density at radius 2 is 2.04 bits per heavy atom. The number of ether oxygens (including phenoxy) is 2. The van der Waals surface area contributed by atoms with E-state index in [-0.39, 0.29) is 47.6 Å². The lowest BCUT2D eigenvalue weighted by molar-refractivity contribution is -0.206. The van der Waals surface area contributed by atoms with E-state index in [1.165, 1.54) is 0 Å². The number of halogens is 2. The van der Waals surface area contributed by atoms with Gasteiger partial charge in [0.25, 0.3) is 0 Å². The molecule has 0 saturated heterocycles. The molecule has 0 aliphatic heterocycles. The largest absolute Gasteiger partial charge is 0.394 e. The Labute approximate surface area is 150 Å². The van der Waals surface area contributed by atoms with Crippen LogP contribution in [0.3, 0.4) is 0 Å². The van der Waals surface area contributed by atoms with Crippen LogP contribution >= 0.6 is 23.2 Å². The summed E-state index contributed by atoms with van der Waals surface area (Å²) < 4.78 is 11.3. The number of aliphatic hydroxyl groups is 2. The Morgan fingerprint density at radius 3 is 2.67 bits per heavy atom. The first-order chi connectivity index (χ1) is 11.2. The van der Waals surface area contributed by atoms with Gasteiger partial charge in [-0.15, -0.1) is 0 Å². The van der Waals surface area contributed by atoms with Gasteiger partial charge in [-0.3, -0.25) is 0 Å². The maximum Gasteiger partial charge on any atom is 0.225 e. The van der Waals surface area contributed by atoms with Gasteiger partial charge in [0.05, 0.1) is 31.5 Å². The lowest BCUT2D eigenvalue weighted by Crippen LogP contribution is -2.38. The molecule has 0 amide bonds. The van der Waals surface area contributed by atoms with E-state index < -0.39 is 5.79 Å². The lowest BCUT2D eigenvalue weighted by Gasteiger charge is -2.28. The number of aromatic nitrogens is 2. The number of nitrogens with one attached hydrogen (secondary N) is 1. The number of nitrogens with zero attached hydrogens (tertiary/aromatic N) is 2. The van der Waals surface area contributed by atoms with E-state index in [9.17, 15) is 5.11 Å². The first-order valence-corrected chi connectivity index (χ1v) is 8.33. The minimum atomic E-state index is -1.30. The van der Waals surface area contributed by atoms with Crippen LogP contribution < -0.4 is 11.1 Å². The molecular formula is C14H22Cl2N4O4. The summed E-state index contributed by atoms with van der Waals surface area (Å²) in [4.78, 5) is 7.82. The zero-order valence-corrected chi connectivity index (χ0v) is 15.0. The van der Waals surface area contributed by atoms with Crippen molar-refractivity contribution in [3.63, 3.8) is 0 Å². The quantitative estimate of drug-likeness (QED) is 0.318. The number of aliphatic hydroxyl groups excluding tert-OH is 1. The predicted molar refractivity (Wildman–Crippen MR) is 91.1 cm³/mol. The summed E-state index contributed by atoms with van der Waals surface area (Å²) in [5.74, 6) is -1.000. The van der Waals surface area contributed by atoms with E-state index in [0.717, 1.165) is 0 Å². The van der Waals surface area contributed by atoms with Gasteiger partial charge in [0.2, 0.25) is 5.28 Å². The number of hydrogen-bond acceptors (Lipinski definition) is 8. The average Bonchev–Trinajstić information content (AvgIpc) is 2.82. The molecule has 136 valence electrons. The number of hydrogen-bond donors (Lipinski definition) is 4. The Bertz CT molecular complexity index is 570. The summed E-state index contributed by atoms with van der Waals surface area (Å²) >= 11 is 11.7.